The van der Waals surface area contributed by atoms with Crippen LogP contribution in [-0.4, -0.2) is 69.7 Å². The molecule has 3 rings (SSSR count). The van der Waals surface area contributed by atoms with E-state index >= 15 is 0 Å². The molecular formula is C22H26N2O6. The number of nitrogens with zero attached hydrogens (tertiary/aromatic N) is 2. The molecule has 1 saturated heterocycles. The molecule has 1 fully saturated rings. The van der Waals surface area contributed by atoms with E-state index in [1.165, 1.54) is 0 Å². The van der Waals surface area contributed by atoms with Gasteiger partial charge in [0.05, 0.1) is 0 Å². The number of aryl methyl sites for hydroxylation is 1. The largest absolute Gasteiger partial charge is 0.504 e. The van der Waals surface area contributed by atoms with Crippen LogP contribution in [0.2, 0.25) is 0 Å². The summed E-state index contributed by atoms with van der Waals surface area (Å²) in [6.45, 7) is 5.47. The van der Waals surface area contributed by atoms with Crippen LogP contribution >= 0.6 is 0 Å². The van der Waals surface area contributed by atoms with E-state index in [0.29, 0.717) is 38.3 Å². The van der Waals surface area contributed by atoms with Gasteiger partial charge >= 0.3 is 0 Å². The number of benzene rings is 2. The van der Waals surface area contributed by atoms with E-state index < -0.39 is 17.2 Å². The molecule has 1 aliphatic rings. The number of amides is 2. The van der Waals surface area contributed by atoms with Crippen molar-refractivity contribution < 1.29 is 29.6 Å². The molecule has 2 amide bonds. The van der Waals surface area contributed by atoms with Gasteiger partial charge in [-0.05, 0) is 49.6 Å². The van der Waals surface area contributed by atoms with E-state index in [1.54, 1.807) is 9.80 Å². The third kappa shape index (κ3) is 4.59. The van der Waals surface area contributed by atoms with Crippen LogP contribution in [0.4, 0.5) is 0 Å². The average Bonchev–Trinajstić information content (AvgIpc) is 2.98. The lowest BCUT2D eigenvalue weighted by Gasteiger charge is -2.22. The Kier molecular flexibility index (Phi) is 6.34. The summed E-state index contributed by atoms with van der Waals surface area (Å²) < 4.78 is 5.70. The van der Waals surface area contributed by atoms with Crippen molar-refractivity contribution in [2.75, 3.05) is 32.8 Å². The van der Waals surface area contributed by atoms with E-state index in [-0.39, 0.29) is 24.0 Å². The molecule has 1 heterocycles. The van der Waals surface area contributed by atoms with Gasteiger partial charge in [0.2, 0.25) is 0 Å². The molecule has 3 N–H and O–H groups in total. The lowest BCUT2D eigenvalue weighted by molar-refractivity contribution is -0.133. The molecule has 0 aliphatic carbocycles. The third-order valence-corrected chi connectivity index (χ3v) is 5.36. The first-order valence-corrected chi connectivity index (χ1v) is 9.79. The Hall–Kier alpha value is -3.42. The first-order chi connectivity index (χ1) is 14.3. The number of carbonyl (C=O) groups excluding carboxylic acids is 2. The molecule has 0 atom stereocenters. The monoisotopic (exact) mass is 414 g/mol. The minimum atomic E-state index is -0.664. The summed E-state index contributed by atoms with van der Waals surface area (Å²) in [6.07, 6.45) is 0.594. The highest BCUT2D eigenvalue weighted by Crippen LogP contribution is 2.35. The molecule has 0 radical (unpaired) electrons. The topological polar surface area (TPSA) is 111 Å². The van der Waals surface area contributed by atoms with Crippen molar-refractivity contribution in [3.05, 3.63) is 47.0 Å². The summed E-state index contributed by atoms with van der Waals surface area (Å²) in [5.41, 5.74) is 2.16. The Bertz CT molecular complexity index is 936. The molecule has 2 aromatic carbocycles. The Labute approximate surface area is 174 Å². The second-order valence-corrected chi connectivity index (χ2v) is 7.38. The van der Waals surface area contributed by atoms with Gasteiger partial charge in [-0.1, -0.05) is 12.1 Å². The van der Waals surface area contributed by atoms with Crippen molar-refractivity contribution in [1.82, 2.24) is 9.80 Å². The first kappa shape index (κ1) is 21.3. The summed E-state index contributed by atoms with van der Waals surface area (Å²) in [4.78, 5) is 28.5. The predicted octanol–water partition coefficient (Wildman–Crippen LogP) is 2.17. The first-order valence-electron chi connectivity index (χ1n) is 9.79. The number of hydrogen-bond acceptors (Lipinski definition) is 6. The van der Waals surface area contributed by atoms with Crippen LogP contribution in [0.3, 0.4) is 0 Å². The number of ether oxygens (including phenoxy) is 1. The molecule has 30 heavy (non-hydrogen) atoms. The molecule has 160 valence electrons. The van der Waals surface area contributed by atoms with E-state index in [2.05, 4.69) is 0 Å². The summed E-state index contributed by atoms with van der Waals surface area (Å²) in [6, 6.07) is 7.93. The fourth-order valence-electron chi connectivity index (χ4n) is 3.39. The molecule has 8 heteroatoms. The lowest BCUT2D eigenvalue weighted by atomic mass is 10.1. The van der Waals surface area contributed by atoms with Gasteiger partial charge in [0.15, 0.2) is 23.9 Å². The Balaban J connectivity index is 1.59. The van der Waals surface area contributed by atoms with Crippen LogP contribution in [0.25, 0.3) is 0 Å². The number of phenols is 3. The van der Waals surface area contributed by atoms with Gasteiger partial charge in [0.25, 0.3) is 11.8 Å². The standard InChI is InChI=1S/C22H26N2O6/c1-14-5-3-6-19(15(14)2)30-13-20(27)23-7-4-8-24(10-9-23)22(29)16-11-17(25)21(28)18(26)12-16/h3,5-6,11-12,25-26,28H,4,7-10,13H2,1-2H3. The zero-order valence-electron chi connectivity index (χ0n) is 17.1. The van der Waals surface area contributed by atoms with Crippen LogP contribution in [-0.2, 0) is 4.79 Å². The van der Waals surface area contributed by atoms with E-state index in [4.69, 9.17) is 4.74 Å². The predicted molar refractivity (Wildman–Crippen MR) is 110 cm³/mol. The van der Waals surface area contributed by atoms with Gasteiger partial charge in [0, 0.05) is 31.7 Å². The fraction of sp³-hybridized carbons (Fsp3) is 0.364. The molecule has 8 nitrogen and oxygen atoms in total. The van der Waals surface area contributed by atoms with E-state index in [9.17, 15) is 24.9 Å². The normalized spacial score (nSPS) is 14.3. The highest BCUT2D eigenvalue weighted by molar-refractivity contribution is 5.95. The van der Waals surface area contributed by atoms with Crippen molar-refractivity contribution in [3.63, 3.8) is 0 Å². The van der Waals surface area contributed by atoms with Crippen molar-refractivity contribution in [2.45, 2.75) is 20.3 Å². The van der Waals surface area contributed by atoms with Gasteiger partial charge in [-0.2, -0.15) is 0 Å². The SMILES string of the molecule is Cc1cccc(OCC(=O)N2CCCN(C(=O)c3cc(O)c(O)c(O)c3)CC2)c1C. The molecule has 1 aliphatic heterocycles. The number of carbonyl (C=O) groups is 2. The average molecular weight is 414 g/mol. The van der Waals surface area contributed by atoms with Crippen molar-refractivity contribution in [1.29, 1.82) is 0 Å². The van der Waals surface area contributed by atoms with Crippen molar-refractivity contribution in [2.24, 2.45) is 0 Å². The molecule has 2 aromatic rings. The molecule has 0 spiro atoms. The molecular weight excluding hydrogens is 388 g/mol. The minimum Gasteiger partial charge on any atom is -0.504 e. The quantitative estimate of drug-likeness (QED) is 0.662. The second-order valence-electron chi connectivity index (χ2n) is 7.38. The van der Waals surface area contributed by atoms with Crippen molar-refractivity contribution >= 4 is 11.8 Å². The Morgan fingerprint density at radius 3 is 2.30 bits per heavy atom. The summed E-state index contributed by atoms with van der Waals surface area (Å²) in [5, 5.41) is 28.7. The summed E-state index contributed by atoms with van der Waals surface area (Å²) >= 11 is 0. The number of hydrogen-bond donors (Lipinski definition) is 3. The van der Waals surface area contributed by atoms with Gasteiger partial charge in [-0.25, -0.2) is 0 Å². The maximum absolute atomic E-state index is 12.7. The Morgan fingerprint density at radius 2 is 1.60 bits per heavy atom. The summed E-state index contributed by atoms with van der Waals surface area (Å²) in [5.74, 6) is -1.64. The number of aromatic hydroxyl groups is 3. The molecule has 0 bridgehead atoms. The minimum absolute atomic E-state index is 0.0702. The van der Waals surface area contributed by atoms with Crippen molar-refractivity contribution in [3.8, 4) is 23.0 Å². The maximum atomic E-state index is 12.7. The molecule has 0 aromatic heterocycles. The van der Waals surface area contributed by atoms with Crippen LogP contribution in [0, 0.1) is 13.8 Å². The molecule has 0 saturated carbocycles. The number of rotatable bonds is 4. The van der Waals surface area contributed by atoms with E-state index in [0.717, 1.165) is 23.3 Å². The van der Waals surface area contributed by atoms with Crippen LogP contribution in [0.1, 0.15) is 27.9 Å². The third-order valence-electron chi connectivity index (χ3n) is 5.36. The van der Waals surface area contributed by atoms with Crippen LogP contribution in [0.5, 0.6) is 23.0 Å². The Morgan fingerprint density at radius 1 is 0.967 bits per heavy atom. The second kappa shape index (κ2) is 8.94. The zero-order valence-corrected chi connectivity index (χ0v) is 17.1. The lowest BCUT2D eigenvalue weighted by Crippen LogP contribution is -2.39. The zero-order chi connectivity index (χ0) is 21.8. The van der Waals surface area contributed by atoms with Gasteiger partial charge < -0.3 is 29.9 Å². The van der Waals surface area contributed by atoms with Crippen LogP contribution in [0.15, 0.2) is 30.3 Å². The smallest absolute Gasteiger partial charge is 0.260 e. The highest BCUT2D eigenvalue weighted by Gasteiger charge is 2.24. The molecule has 0 unspecified atom stereocenters. The van der Waals surface area contributed by atoms with Gasteiger partial charge in [0.1, 0.15) is 5.75 Å². The summed E-state index contributed by atoms with van der Waals surface area (Å²) in [7, 11) is 0. The van der Waals surface area contributed by atoms with Gasteiger partial charge in [-0.15, -0.1) is 0 Å². The highest BCUT2D eigenvalue weighted by atomic mass is 16.5. The maximum Gasteiger partial charge on any atom is 0.260 e. The number of phenolic OH excluding ortho intramolecular Hbond substituents is 3. The van der Waals surface area contributed by atoms with Gasteiger partial charge in [-0.3, -0.25) is 9.59 Å². The van der Waals surface area contributed by atoms with Crippen LogP contribution < -0.4 is 4.74 Å². The van der Waals surface area contributed by atoms with E-state index in [1.807, 2.05) is 32.0 Å². The fourth-order valence-corrected chi connectivity index (χ4v) is 3.39.